The number of nitrogens with zero attached hydrogens (tertiary/aromatic N) is 2. The maximum Gasteiger partial charge on any atom is 0.243 e. The molecule has 1 aromatic rings. The van der Waals surface area contributed by atoms with Crippen molar-refractivity contribution in [3.05, 3.63) is 11.7 Å². The predicted molar refractivity (Wildman–Crippen MR) is 65.3 cm³/mol. The van der Waals surface area contributed by atoms with E-state index >= 15 is 0 Å². The molecule has 0 saturated carbocycles. The molecule has 0 saturated heterocycles. The van der Waals surface area contributed by atoms with Crippen molar-refractivity contribution in [2.75, 3.05) is 7.11 Å². The molecule has 1 heterocycles. The van der Waals surface area contributed by atoms with Gasteiger partial charge in [0.05, 0.1) is 6.04 Å². The zero-order valence-corrected chi connectivity index (χ0v) is 11.1. The Labute approximate surface area is 103 Å². The molecule has 0 bridgehead atoms. The highest BCUT2D eigenvalue weighted by Gasteiger charge is 2.23. The van der Waals surface area contributed by atoms with Crippen molar-refractivity contribution in [3.63, 3.8) is 0 Å². The topological polar surface area (TPSA) is 74.2 Å². The van der Waals surface area contributed by atoms with E-state index < -0.39 is 0 Å². The van der Waals surface area contributed by atoms with Crippen LogP contribution >= 0.6 is 0 Å². The van der Waals surface area contributed by atoms with Crippen LogP contribution in [0.25, 0.3) is 0 Å². The average molecular weight is 241 g/mol. The first kappa shape index (κ1) is 14.1. The molecule has 0 spiro atoms. The number of ether oxygens (including phenoxy) is 1. The minimum absolute atomic E-state index is 0.0957. The Bertz CT molecular complexity index is 311. The lowest BCUT2D eigenvalue weighted by Gasteiger charge is -2.13. The number of rotatable bonds is 7. The molecule has 98 valence electrons. The van der Waals surface area contributed by atoms with Gasteiger partial charge in [0.15, 0.2) is 0 Å². The van der Waals surface area contributed by atoms with Gasteiger partial charge in [-0.2, -0.15) is 4.98 Å². The first-order chi connectivity index (χ1) is 8.13. The summed E-state index contributed by atoms with van der Waals surface area (Å²) >= 11 is 0. The van der Waals surface area contributed by atoms with E-state index in [4.69, 9.17) is 15.0 Å². The molecule has 1 rings (SSSR count). The number of aromatic nitrogens is 2. The van der Waals surface area contributed by atoms with Gasteiger partial charge in [-0.1, -0.05) is 38.8 Å². The summed E-state index contributed by atoms with van der Waals surface area (Å²) in [5.41, 5.74) is 6.04. The van der Waals surface area contributed by atoms with Crippen molar-refractivity contribution in [1.82, 2.24) is 10.1 Å². The summed E-state index contributed by atoms with van der Waals surface area (Å²) < 4.78 is 10.5. The van der Waals surface area contributed by atoms with Crippen LogP contribution in [0.4, 0.5) is 0 Å². The monoisotopic (exact) mass is 241 g/mol. The van der Waals surface area contributed by atoms with Crippen LogP contribution < -0.4 is 5.73 Å². The SMILES string of the molecule is CCCC(OC)c1noc([C@@H](N)C(C)CC)n1. The Morgan fingerprint density at radius 3 is 2.65 bits per heavy atom. The van der Waals surface area contributed by atoms with E-state index in [-0.39, 0.29) is 12.1 Å². The normalized spacial score (nSPS) is 16.8. The maximum absolute atomic E-state index is 6.04. The molecule has 2 N–H and O–H groups in total. The van der Waals surface area contributed by atoms with Crippen molar-refractivity contribution in [1.29, 1.82) is 0 Å². The molecule has 0 aliphatic heterocycles. The van der Waals surface area contributed by atoms with Crippen LogP contribution in [0.1, 0.15) is 63.9 Å². The van der Waals surface area contributed by atoms with Crippen molar-refractivity contribution in [3.8, 4) is 0 Å². The summed E-state index contributed by atoms with van der Waals surface area (Å²) in [6.07, 6.45) is 2.79. The van der Waals surface area contributed by atoms with Gasteiger partial charge in [0.2, 0.25) is 11.7 Å². The van der Waals surface area contributed by atoms with Crippen LogP contribution in [-0.2, 0) is 4.74 Å². The quantitative estimate of drug-likeness (QED) is 0.794. The van der Waals surface area contributed by atoms with Crippen molar-refractivity contribution >= 4 is 0 Å². The first-order valence-corrected chi connectivity index (χ1v) is 6.25. The lowest BCUT2D eigenvalue weighted by molar-refractivity contribution is 0.0854. The lowest BCUT2D eigenvalue weighted by Crippen LogP contribution is -2.19. The summed E-state index contributed by atoms with van der Waals surface area (Å²) in [5, 5.41) is 3.95. The van der Waals surface area contributed by atoms with E-state index in [9.17, 15) is 0 Å². The number of hydrogen-bond donors (Lipinski definition) is 1. The lowest BCUT2D eigenvalue weighted by atomic mass is 10.0. The standard InChI is InChI=1S/C12H23N3O2/c1-5-7-9(16-4)11-14-12(17-15-11)10(13)8(3)6-2/h8-10H,5-7,13H2,1-4H3/t8?,9?,10-/m0/s1. The van der Waals surface area contributed by atoms with E-state index in [2.05, 4.69) is 30.9 Å². The number of hydrogen-bond acceptors (Lipinski definition) is 5. The second-order valence-electron chi connectivity index (χ2n) is 4.42. The summed E-state index contributed by atoms with van der Waals surface area (Å²) in [4.78, 5) is 4.34. The van der Waals surface area contributed by atoms with Crippen LogP contribution in [0.5, 0.6) is 0 Å². The molecule has 0 fully saturated rings. The summed E-state index contributed by atoms with van der Waals surface area (Å²) in [6.45, 7) is 6.27. The Morgan fingerprint density at radius 1 is 1.41 bits per heavy atom. The Morgan fingerprint density at radius 2 is 2.12 bits per heavy atom. The molecule has 0 aliphatic carbocycles. The van der Waals surface area contributed by atoms with E-state index in [0.29, 0.717) is 17.6 Å². The highest BCUT2D eigenvalue weighted by Crippen LogP contribution is 2.24. The van der Waals surface area contributed by atoms with Crippen LogP contribution in [0.2, 0.25) is 0 Å². The smallest absolute Gasteiger partial charge is 0.243 e. The van der Waals surface area contributed by atoms with Crippen LogP contribution in [-0.4, -0.2) is 17.3 Å². The zero-order valence-electron chi connectivity index (χ0n) is 11.1. The van der Waals surface area contributed by atoms with Gasteiger partial charge in [0.1, 0.15) is 6.10 Å². The molecule has 5 heteroatoms. The summed E-state index contributed by atoms with van der Waals surface area (Å²) in [6, 6.07) is -0.194. The minimum Gasteiger partial charge on any atom is -0.373 e. The molecule has 0 amide bonds. The first-order valence-electron chi connectivity index (χ1n) is 6.25. The van der Waals surface area contributed by atoms with Crippen molar-refractivity contribution < 1.29 is 9.26 Å². The fourth-order valence-electron chi connectivity index (χ4n) is 1.63. The van der Waals surface area contributed by atoms with Gasteiger partial charge < -0.3 is 15.0 Å². The third-order valence-electron chi connectivity index (χ3n) is 3.12. The molecular weight excluding hydrogens is 218 g/mol. The fourth-order valence-corrected chi connectivity index (χ4v) is 1.63. The zero-order chi connectivity index (χ0) is 12.8. The van der Waals surface area contributed by atoms with Crippen LogP contribution in [0.3, 0.4) is 0 Å². The van der Waals surface area contributed by atoms with E-state index in [1.54, 1.807) is 7.11 Å². The molecule has 17 heavy (non-hydrogen) atoms. The molecule has 0 aliphatic rings. The average Bonchev–Trinajstić information content (AvgIpc) is 2.83. The fraction of sp³-hybridized carbons (Fsp3) is 0.833. The molecule has 0 aromatic carbocycles. The second kappa shape index (κ2) is 6.71. The summed E-state index contributed by atoms with van der Waals surface area (Å²) in [7, 11) is 1.66. The van der Waals surface area contributed by atoms with E-state index in [1.807, 2.05) is 0 Å². The molecular formula is C12H23N3O2. The van der Waals surface area contributed by atoms with Gasteiger partial charge >= 0.3 is 0 Å². The maximum atomic E-state index is 6.04. The minimum atomic E-state index is -0.194. The Hall–Kier alpha value is -0.940. The summed E-state index contributed by atoms with van der Waals surface area (Å²) in [5.74, 6) is 1.44. The van der Waals surface area contributed by atoms with E-state index in [0.717, 1.165) is 19.3 Å². The predicted octanol–water partition coefficient (Wildman–Crippen LogP) is 2.60. The Kier molecular flexibility index (Phi) is 5.58. The van der Waals surface area contributed by atoms with Gasteiger partial charge in [-0.3, -0.25) is 0 Å². The van der Waals surface area contributed by atoms with Gasteiger partial charge in [0, 0.05) is 7.11 Å². The molecule has 3 atom stereocenters. The van der Waals surface area contributed by atoms with Gasteiger partial charge in [-0.05, 0) is 12.3 Å². The third-order valence-corrected chi connectivity index (χ3v) is 3.12. The van der Waals surface area contributed by atoms with Crippen molar-refractivity contribution in [2.24, 2.45) is 11.7 Å². The number of nitrogens with two attached hydrogens (primary N) is 1. The van der Waals surface area contributed by atoms with Crippen LogP contribution in [0, 0.1) is 5.92 Å². The second-order valence-corrected chi connectivity index (χ2v) is 4.42. The molecule has 5 nitrogen and oxygen atoms in total. The van der Waals surface area contributed by atoms with Gasteiger partial charge in [0.25, 0.3) is 0 Å². The third kappa shape index (κ3) is 3.51. The highest BCUT2D eigenvalue weighted by atomic mass is 16.5. The Balaban J connectivity index is 2.76. The molecule has 2 unspecified atom stereocenters. The molecule has 0 radical (unpaired) electrons. The number of methoxy groups -OCH3 is 1. The van der Waals surface area contributed by atoms with E-state index in [1.165, 1.54) is 0 Å². The molecule has 1 aromatic heterocycles. The van der Waals surface area contributed by atoms with Crippen molar-refractivity contribution in [2.45, 2.75) is 52.2 Å². The van der Waals surface area contributed by atoms with Crippen LogP contribution in [0.15, 0.2) is 4.52 Å². The highest BCUT2D eigenvalue weighted by molar-refractivity contribution is 4.96. The largest absolute Gasteiger partial charge is 0.373 e. The van der Waals surface area contributed by atoms with Gasteiger partial charge in [-0.25, -0.2) is 0 Å². The van der Waals surface area contributed by atoms with Gasteiger partial charge in [-0.15, -0.1) is 0 Å².